The molecule has 0 unspecified atom stereocenters. The first-order valence-electron chi connectivity index (χ1n) is 4.06. The highest BCUT2D eigenvalue weighted by molar-refractivity contribution is 6.19. The van der Waals surface area contributed by atoms with Crippen LogP contribution in [0, 0.1) is 25.7 Å². The van der Waals surface area contributed by atoms with Crippen LogP contribution in [0.15, 0.2) is 12.1 Å². The number of nitrogens with two attached hydrogens (primary N) is 1. The summed E-state index contributed by atoms with van der Waals surface area (Å²) in [6.45, 7) is 3.96. The van der Waals surface area contributed by atoms with E-state index in [0.29, 0.717) is 5.88 Å². The zero-order valence-corrected chi connectivity index (χ0v) is 8.57. The molecule has 13 heavy (non-hydrogen) atoms. The Hall–Kier alpha value is -1.13. The Kier molecular flexibility index (Phi) is 3.22. The van der Waals surface area contributed by atoms with Crippen molar-refractivity contribution in [3.05, 3.63) is 28.8 Å². The lowest BCUT2D eigenvalue weighted by Gasteiger charge is -2.04. The van der Waals surface area contributed by atoms with Gasteiger partial charge in [0.15, 0.2) is 0 Å². The van der Waals surface area contributed by atoms with E-state index in [9.17, 15) is 0 Å². The van der Waals surface area contributed by atoms with Gasteiger partial charge in [0.1, 0.15) is 0 Å². The first-order valence-corrected chi connectivity index (χ1v) is 4.60. The van der Waals surface area contributed by atoms with Gasteiger partial charge in [-0.2, -0.15) is 0 Å². The van der Waals surface area contributed by atoms with Crippen molar-refractivity contribution in [2.45, 2.75) is 13.8 Å². The summed E-state index contributed by atoms with van der Waals surface area (Å²) < 4.78 is 0. The van der Waals surface area contributed by atoms with Gasteiger partial charge in [-0.3, -0.25) is 0 Å². The number of halogens is 1. The van der Waals surface area contributed by atoms with E-state index in [2.05, 4.69) is 11.8 Å². The van der Waals surface area contributed by atoms with Crippen molar-refractivity contribution in [2.24, 2.45) is 0 Å². The predicted octanol–water partition coefficient (Wildman–Crippen LogP) is 2.48. The number of alkyl halides is 1. The molecule has 0 bridgehead atoms. The van der Waals surface area contributed by atoms with Crippen molar-refractivity contribution < 1.29 is 0 Å². The molecule has 0 aliphatic heterocycles. The van der Waals surface area contributed by atoms with Gasteiger partial charge in [0.25, 0.3) is 0 Å². The smallest absolute Gasteiger partial charge is 0.0839 e. The Morgan fingerprint density at radius 3 is 2.31 bits per heavy atom. The van der Waals surface area contributed by atoms with Crippen LogP contribution >= 0.6 is 11.6 Å². The van der Waals surface area contributed by atoms with Gasteiger partial charge in [-0.25, -0.2) is 0 Å². The van der Waals surface area contributed by atoms with Gasteiger partial charge in [-0.1, -0.05) is 11.8 Å². The first kappa shape index (κ1) is 9.95. The van der Waals surface area contributed by atoms with Crippen LogP contribution in [0.2, 0.25) is 0 Å². The SMILES string of the molecule is Cc1cc(C#CCCl)cc(C)c1N. The molecule has 68 valence electrons. The van der Waals surface area contributed by atoms with E-state index in [1.807, 2.05) is 26.0 Å². The van der Waals surface area contributed by atoms with Crippen molar-refractivity contribution in [1.82, 2.24) is 0 Å². The average Bonchev–Trinajstić information content (AvgIpc) is 2.10. The number of rotatable bonds is 0. The fraction of sp³-hybridized carbons (Fsp3) is 0.273. The number of hydrogen-bond acceptors (Lipinski definition) is 1. The van der Waals surface area contributed by atoms with Crippen molar-refractivity contribution in [2.75, 3.05) is 11.6 Å². The standard InChI is InChI=1S/C11H12ClN/c1-8-6-10(4-3-5-12)7-9(2)11(8)13/h6-7H,5,13H2,1-2H3. The van der Waals surface area contributed by atoms with Crippen LogP contribution in [0.4, 0.5) is 5.69 Å². The number of nitrogen functional groups attached to an aromatic ring is 1. The largest absolute Gasteiger partial charge is 0.398 e. The van der Waals surface area contributed by atoms with Crippen LogP contribution in [0.25, 0.3) is 0 Å². The van der Waals surface area contributed by atoms with Gasteiger partial charge >= 0.3 is 0 Å². The third-order valence-corrected chi connectivity index (χ3v) is 2.03. The summed E-state index contributed by atoms with van der Waals surface area (Å²) in [4.78, 5) is 0. The Labute approximate surface area is 83.9 Å². The second-order valence-electron chi connectivity index (χ2n) is 2.96. The summed E-state index contributed by atoms with van der Waals surface area (Å²) in [5.74, 6) is 6.14. The molecule has 0 aromatic heterocycles. The maximum absolute atomic E-state index is 5.81. The highest BCUT2D eigenvalue weighted by atomic mass is 35.5. The molecule has 1 rings (SSSR count). The van der Waals surface area contributed by atoms with Gasteiger partial charge in [-0.15, -0.1) is 11.6 Å². The molecule has 0 aliphatic rings. The molecular weight excluding hydrogens is 182 g/mol. The fourth-order valence-electron chi connectivity index (χ4n) is 1.18. The second-order valence-corrected chi connectivity index (χ2v) is 3.23. The second kappa shape index (κ2) is 4.20. The minimum absolute atomic E-state index is 0.364. The number of aryl methyl sites for hydroxylation is 2. The maximum atomic E-state index is 5.81. The zero-order valence-electron chi connectivity index (χ0n) is 7.82. The fourth-order valence-corrected chi connectivity index (χ4v) is 1.25. The van der Waals surface area contributed by atoms with E-state index in [4.69, 9.17) is 17.3 Å². The van der Waals surface area contributed by atoms with Crippen molar-refractivity contribution in [3.63, 3.8) is 0 Å². The molecule has 2 heteroatoms. The van der Waals surface area contributed by atoms with Gasteiger partial charge in [-0.05, 0) is 37.1 Å². The summed E-state index contributed by atoms with van der Waals surface area (Å²) in [7, 11) is 0. The molecule has 0 saturated carbocycles. The highest BCUT2D eigenvalue weighted by Gasteiger charge is 1.98. The van der Waals surface area contributed by atoms with Crippen molar-refractivity contribution >= 4 is 17.3 Å². The third-order valence-electron chi connectivity index (χ3n) is 1.89. The predicted molar refractivity (Wildman–Crippen MR) is 57.9 cm³/mol. The molecule has 0 aliphatic carbocycles. The summed E-state index contributed by atoms with van der Waals surface area (Å²) in [6.07, 6.45) is 0. The molecule has 0 fully saturated rings. The van der Waals surface area contributed by atoms with Gasteiger partial charge in [0.2, 0.25) is 0 Å². The lowest BCUT2D eigenvalue weighted by Crippen LogP contribution is -1.94. The van der Waals surface area contributed by atoms with Crippen LogP contribution in [0.1, 0.15) is 16.7 Å². The molecule has 0 saturated heterocycles. The number of hydrogen-bond donors (Lipinski definition) is 1. The van der Waals surface area contributed by atoms with Gasteiger partial charge in [0, 0.05) is 11.3 Å². The van der Waals surface area contributed by atoms with E-state index in [1.54, 1.807) is 0 Å². The molecule has 0 spiro atoms. The molecule has 1 nitrogen and oxygen atoms in total. The lowest BCUT2D eigenvalue weighted by atomic mass is 10.1. The Bertz CT molecular complexity index is 348. The van der Waals surface area contributed by atoms with Gasteiger partial charge in [0.05, 0.1) is 5.88 Å². The Balaban J connectivity index is 3.13. The number of benzene rings is 1. The highest BCUT2D eigenvalue weighted by Crippen LogP contribution is 2.17. The van der Waals surface area contributed by atoms with Crippen LogP contribution in [-0.4, -0.2) is 5.88 Å². The van der Waals surface area contributed by atoms with Crippen molar-refractivity contribution in [3.8, 4) is 11.8 Å². The van der Waals surface area contributed by atoms with Crippen molar-refractivity contribution in [1.29, 1.82) is 0 Å². The van der Waals surface area contributed by atoms with Crippen LogP contribution < -0.4 is 5.73 Å². The quantitative estimate of drug-likeness (QED) is 0.383. The van der Waals surface area contributed by atoms with E-state index in [1.165, 1.54) is 0 Å². The molecule has 0 atom stereocenters. The molecule has 0 radical (unpaired) electrons. The normalized spacial score (nSPS) is 9.15. The molecule has 1 aromatic carbocycles. The topological polar surface area (TPSA) is 26.0 Å². The maximum Gasteiger partial charge on any atom is 0.0839 e. The third kappa shape index (κ3) is 2.40. The lowest BCUT2D eigenvalue weighted by molar-refractivity contribution is 1.37. The molecule has 2 N–H and O–H groups in total. The van der Waals surface area contributed by atoms with Crippen LogP contribution in [-0.2, 0) is 0 Å². The van der Waals surface area contributed by atoms with E-state index >= 15 is 0 Å². The molecular formula is C11H12ClN. The molecule has 0 amide bonds. The Morgan fingerprint density at radius 1 is 1.31 bits per heavy atom. The summed E-state index contributed by atoms with van der Waals surface area (Å²) in [5, 5.41) is 0. The first-order chi connectivity index (χ1) is 6.15. The average molecular weight is 194 g/mol. The monoisotopic (exact) mass is 193 g/mol. The number of anilines is 1. The summed E-state index contributed by atoms with van der Waals surface area (Å²) >= 11 is 5.46. The van der Waals surface area contributed by atoms with Gasteiger partial charge < -0.3 is 5.73 Å². The van der Waals surface area contributed by atoms with E-state index in [-0.39, 0.29) is 0 Å². The minimum Gasteiger partial charge on any atom is -0.398 e. The summed E-state index contributed by atoms with van der Waals surface area (Å²) in [6, 6.07) is 3.95. The minimum atomic E-state index is 0.364. The molecule has 1 aromatic rings. The van der Waals surface area contributed by atoms with Crippen LogP contribution in [0.3, 0.4) is 0 Å². The summed E-state index contributed by atoms with van der Waals surface area (Å²) in [5.41, 5.74) is 9.76. The van der Waals surface area contributed by atoms with E-state index < -0.39 is 0 Å². The van der Waals surface area contributed by atoms with E-state index in [0.717, 1.165) is 22.4 Å². The Morgan fingerprint density at radius 2 is 1.85 bits per heavy atom. The van der Waals surface area contributed by atoms with Crippen LogP contribution in [0.5, 0.6) is 0 Å². The molecule has 0 heterocycles. The zero-order chi connectivity index (χ0) is 9.84.